The fraction of sp³-hybridized carbons (Fsp3) is 0.704. The first-order valence-electron chi connectivity index (χ1n) is 12.1. The molecule has 1 saturated carbocycles. The fourth-order valence-electron chi connectivity index (χ4n) is 6.85. The Morgan fingerprint density at radius 2 is 2.03 bits per heavy atom. The van der Waals surface area contributed by atoms with Crippen molar-refractivity contribution in [2.45, 2.75) is 79.9 Å². The number of amides is 1. The molecule has 0 spiro atoms. The lowest BCUT2D eigenvalue weighted by atomic mass is 9.52. The summed E-state index contributed by atoms with van der Waals surface area (Å²) in [5.41, 5.74) is 1.10. The highest BCUT2D eigenvalue weighted by molar-refractivity contribution is 8.02. The third-order valence-corrected chi connectivity index (χ3v) is 8.95. The third-order valence-electron chi connectivity index (χ3n) is 8.00. The lowest BCUT2D eigenvalue weighted by molar-refractivity contribution is -0.129. The Balaban J connectivity index is 2.15. The van der Waals surface area contributed by atoms with Crippen LogP contribution in [0.5, 0.6) is 0 Å². The molecule has 1 fully saturated rings. The van der Waals surface area contributed by atoms with E-state index in [9.17, 15) is 14.7 Å². The summed E-state index contributed by atoms with van der Waals surface area (Å²) < 4.78 is 0. The van der Waals surface area contributed by atoms with Gasteiger partial charge < -0.3 is 10.4 Å². The number of hydrogen-bond acceptors (Lipinski definition) is 4. The Bertz CT molecular complexity index is 885. The van der Waals surface area contributed by atoms with E-state index < -0.39 is 11.6 Å². The maximum atomic E-state index is 14.3. The van der Waals surface area contributed by atoms with Crippen molar-refractivity contribution in [3.05, 3.63) is 33.8 Å². The molecule has 0 aromatic heterocycles. The molecule has 0 saturated heterocycles. The lowest BCUT2D eigenvalue weighted by Crippen LogP contribution is -2.48. The number of ketones is 1. The molecule has 2 aliphatic carbocycles. The maximum Gasteiger partial charge on any atom is 0.258 e. The SMILES string of the molecule is C/C=C(\C)[C@H]1C(C)=C[C@@]2(C)C[C@@H](C)CC[C@@H]2[C@H]1C(=O)C1=C(SC)[C@@](O)(CC(C)C)NC1=O. The number of rotatable bonds is 6. The standard InChI is InChI=1S/C27H41NO3S/c1-9-17(5)20-18(6)14-26(7)13-16(4)10-11-19(26)21(20)23(29)22-24(32-8)27(31,12-15(2)3)28-25(22)30/h9,14-16,19-21,31H,10-13H2,1-8H3,(H,28,30)/b17-9+/t16-,19+,20-,21+,26+,27-/m0/s1. The Morgan fingerprint density at radius 3 is 2.59 bits per heavy atom. The monoisotopic (exact) mass is 459 g/mol. The van der Waals surface area contributed by atoms with Crippen molar-refractivity contribution < 1.29 is 14.7 Å². The number of Topliss-reactive ketones (excluding diaryl/α,β-unsaturated/α-hetero) is 1. The number of thioether (sulfide) groups is 1. The fourth-order valence-corrected chi connectivity index (χ4v) is 7.72. The largest absolute Gasteiger partial charge is 0.366 e. The van der Waals surface area contributed by atoms with E-state index in [2.05, 4.69) is 45.2 Å². The molecule has 32 heavy (non-hydrogen) atoms. The van der Waals surface area contributed by atoms with Crippen LogP contribution in [-0.4, -0.2) is 28.8 Å². The second-order valence-electron chi connectivity index (χ2n) is 11.1. The average molecular weight is 460 g/mol. The Labute approximate surface area is 198 Å². The number of carbonyl (C=O) groups excluding carboxylic acids is 2. The summed E-state index contributed by atoms with van der Waals surface area (Å²) in [6, 6.07) is 0. The summed E-state index contributed by atoms with van der Waals surface area (Å²) in [4.78, 5) is 28.0. The van der Waals surface area contributed by atoms with E-state index >= 15 is 0 Å². The molecule has 0 aromatic carbocycles. The number of hydrogen-bond donors (Lipinski definition) is 2. The third kappa shape index (κ3) is 4.27. The van der Waals surface area contributed by atoms with Crippen LogP contribution < -0.4 is 5.32 Å². The van der Waals surface area contributed by atoms with E-state index in [0.29, 0.717) is 17.2 Å². The number of nitrogens with one attached hydrogen (secondary N) is 1. The van der Waals surface area contributed by atoms with Crippen LogP contribution in [-0.2, 0) is 9.59 Å². The number of allylic oxidation sites excluding steroid dienone is 4. The molecule has 3 aliphatic rings. The van der Waals surface area contributed by atoms with Crippen LogP contribution in [0.4, 0.5) is 0 Å². The molecule has 0 aromatic rings. The van der Waals surface area contributed by atoms with Gasteiger partial charge in [0.05, 0.1) is 10.5 Å². The van der Waals surface area contributed by atoms with Crippen molar-refractivity contribution in [2.75, 3.05) is 6.26 Å². The van der Waals surface area contributed by atoms with Crippen LogP contribution in [0.25, 0.3) is 0 Å². The highest BCUT2D eigenvalue weighted by Crippen LogP contribution is 2.57. The van der Waals surface area contributed by atoms with E-state index in [-0.39, 0.29) is 40.4 Å². The summed E-state index contributed by atoms with van der Waals surface area (Å²) in [6.07, 6.45) is 9.93. The van der Waals surface area contributed by atoms with Gasteiger partial charge >= 0.3 is 0 Å². The summed E-state index contributed by atoms with van der Waals surface area (Å²) in [5.74, 6) is 0.213. The van der Waals surface area contributed by atoms with E-state index in [1.54, 1.807) is 0 Å². The zero-order chi connectivity index (χ0) is 24.0. The van der Waals surface area contributed by atoms with Crippen molar-refractivity contribution >= 4 is 23.5 Å². The van der Waals surface area contributed by atoms with Gasteiger partial charge in [-0.1, -0.05) is 57.4 Å². The minimum atomic E-state index is -1.45. The molecule has 4 nitrogen and oxygen atoms in total. The van der Waals surface area contributed by atoms with Gasteiger partial charge in [0.15, 0.2) is 11.5 Å². The number of aliphatic hydroxyl groups is 1. The summed E-state index contributed by atoms with van der Waals surface area (Å²) >= 11 is 1.33. The Hall–Kier alpha value is -1.33. The summed E-state index contributed by atoms with van der Waals surface area (Å²) in [6.45, 7) is 14.9. The first-order valence-corrected chi connectivity index (χ1v) is 13.3. The van der Waals surface area contributed by atoms with Crippen LogP contribution in [0.2, 0.25) is 0 Å². The van der Waals surface area contributed by atoms with Crippen LogP contribution >= 0.6 is 11.8 Å². The predicted octanol–water partition coefficient (Wildman–Crippen LogP) is 5.64. The minimum Gasteiger partial charge on any atom is -0.366 e. The quantitative estimate of drug-likeness (QED) is 0.399. The average Bonchev–Trinajstić information content (AvgIpc) is 2.93. The van der Waals surface area contributed by atoms with Crippen molar-refractivity contribution in [1.29, 1.82) is 0 Å². The van der Waals surface area contributed by atoms with Crippen molar-refractivity contribution in [3.63, 3.8) is 0 Å². The van der Waals surface area contributed by atoms with Crippen LogP contribution in [0, 0.1) is 35.0 Å². The van der Waals surface area contributed by atoms with E-state index in [0.717, 1.165) is 19.3 Å². The molecule has 0 bridgehead atoms. The molecule has 2 N–H and O–H groups in total. The van der Waals surface area contributed by atoms with Gasteiger partial charge in [-0.05, 0) is 63.0 Å². The van der Waals surface area contributed by atoms with Gasteiger partial charge in [0.25, 0.3) is 5.91 Å². The Morgan fingerprint density at radius 1 is 1.38 bits per heavy atom. The summed E-state index contributed by atoms with van der Waals surface area (Å²) in [7, 11) is 0. The minimum absolute atomic E-state index is 0.00109. The maximum absolute atomic E-state index is 14.3. The zero-order valence-electron chi connectivity index (χ0n) is 21.0. The van der Waals surface area contributed by atoms with Crippen molar-refractivity contribution in [2.24, 2.45) is 35.0 Å². The molecule has 0 unspecified atom stereocenters. The molecule has 3 rings (SSSR count). The second-order valence-corrected chi connectivity index (χ2v) is 11.9. The molecular formula is C27H41NO3S. The van der Waals surface area contributed by atoms with Gasteiger partial charge in [0.1, 0.15) is 0 Å². The van der Waals surface area contributed by atoms with E-state index in [4.69, 9.17) is 0 Å². The Kier molecular flexibility index (Phi) is 7.22. The van der Waals surface area contributed by atoms with Gasteiger partial charge in [-0.2, -0.15) is 0 Å². The predicted molar refractivity (Wildman–Crippen MR) is 133 cm³/mol. The van der Waals surface area contributed by atoms with Crippen LogP contribution in [0.1, 0.15) is 74.1 Å². The highest BCUT2D eigenvalue weighted by atomic mass is 32.2. The number of fused-ring (bicyclic) bond motifs is 1. The molecular weight excluding hydrogens is 418 g/mol. The molecule has 5 heteroatoms. The highest BCUT2D eigenvalue weighted by Gasteiger charge is 2.54. The molecule has 1 heterocycles. The van der Waals surface area contributed by atoms with Gasteiger partial charge in [0, 0.05) is 18.3 Å². The van der Waals surface area contributed by atoms with Crippen molar-refractivity contribution in [3.8, 4) is 0 Å². The van der Waals surface area contributed by atoms with Gasteiger partial charge in [-0.15, -0.1) is 11.8 Å². The normalized spacial score (nSPS) is 38.0. The molecule has 1 aliphatic heterocycles. The number of carbonyl (C=O) groups is 2. The first kappa shape index (κ1) is 25.3. The van der Waals surface area contributed by atoms with Crippen LogP contribution in [0.3, 0.4) is 0 Å². The lowest BCUT2D eigenvalue weighted by Gasteiger charge is -2.52. The van der Waals surface area contributed by atoms with Gasteiger partial charge in [-0.3, -0.25) is 9.59 Å². The first-order chi connectivity index (χ1) is 14.9. The smallest absolute Gasteiger partial charge is 0.258 e. The van der Waals surface area contributed by atoms with Gasteiger partial charge in [-0.25, -0.2) is 0 Å². The summed E-state index contributed by atoms with van der Waals surface area (Å²) in [5, 5.41) is 14.1. The van der Waals surface area contributed by atoms with E-state index in [1.165, 1.54) is 22.9 Å². The van der Waals surface area contributed by atoms with Gasteiger partial charge in [0.2, 0.25) is 0 Å². The zero-order valence-corrected chi connectivity index (χ0v) is 21.9. The van der Waals surface area contributed by atoms with E-state index in [1.807, 2.05) is 27.0 Å². The van der Waals surface area contributed by atoms with Crippen molar-refractivity contribution in [1.82, 2.24) is 5.32 Å². The van der Waals surface area contributed by atoms with Crippen LogP contribution in [0.15, 0.2) is 33.8 Å². The second kappa shape index (κ2) is 9.13. The molecule has 6 atom stereocenters. The topological polar surface area (TPSA) is 66.4 Å². The molecule has 178 valence electrons. The molecule has 1 amide bonds. The molecule has 0 radical (unpaired) electrons.